The van der Waals surface area contributed by atoms with E-state index in [1.165, 1.54) is 38.5 Å². The zero-order chi connectivity index (χ0) is 10.3. The molecule has 2 aliphatic heterocycles. The molecule has 0 aromatic carbocycles. The lowest BCUT2D eigenvalue weighted by Crippen LogP contribution is -2.34. The Hall–Kier alpha value is -0.120. The van der Waals surface area contributed by atoms with Gasteiger partial charge in [0.15, 0.2) is 0 Å². The van der Waals surface area contributed by atoms with Gasteiger partial charge in [0.2, 0.25) is 0 Å². The average Bonchev–Trinajstić information content (AvgIpc) is 2.63. The van der Waals surface area contributed by atoms with Gasteiger partial charge in [0.05, 0.1) is 0 Å². The molecule has 0 aliphatic carbocycles. The molecule has 0 saturated carbocycles. The highest BCUT2D eigenvalue weighted by Gasteiger charge is 2.20. The van der Waals surface area contributed by atoms with Crippen LogP contribution in [-0.2, 0) is 4.74 Å². The van der Waals surface area contributed by atoms with E-state index in [-0.39, 0.29) is 12.5 Å². The maximum atomic E-state index is 5.96. The van der Waals surface area contributed by atoms with E-state index < -0.39 is 0 Å². The van der Waals surface area contributed by atoms with E-state index in [4.69, 9.17) is 4.74 Å². The third kappa shape index (κ3) is 4.09. The molecule has 0 aromatic heterocycles. The van der Waals surface area contributed by atoms with Gasteiger partial charge in [-0.1, -0.05) is 12.8 Å². The number of ether oxygens (including phenoxy) is 1. The zero-order valence-corrected chi connectivity index (χ0v) is 9.53. The lowest BCUT2D eigenvalue weighted by Gasteiger charge is -2.22. The van der Waals surface area contributed by atoms with Crippen LogP contribution in [-0.4, -0.2) is 25.5 Å². The van der Waals surface area contributed by atoms with E-state index in [9.17, 15) is 0 Å². The van der Waals surface area contributed by atoms with Crippen LogP contribution in [0.15, 0.2) is 0 Å². The summed E-state index contributed by atoms with van der Waals surface area (Å²) in [5.41, 5.74) is 0. The molecular weight excluding hydrogens is 188 g/mol. The largest absolute Gasteiger partial charge is 0.342 e. The van der Waals surface area contributed by atoms with Crippen molar-refractivity contribution < 1.29 is 4.74 Å². The molecule has 2 fully saturated rings. The molecule has 2 heterocycles. The van der Waals surface area contributed by atoms with Gasteiger partial charge in [-0.3, -0.25) is 0 Å². The van der Waals surface area contributed by atoms with Crippen LogP contribution in [0.2, 0.25) is 0 Å². The minimum atomic E-state index is 0.138. The maximum absolute atomic E-state index is 5.96. The quantitative estimate of drug-likeness (QED) is 0.687. The van der Waals surface area contributed by atoms with Crippen LogP contribution >= 0.6 is 0 Å². The van der Waals surface area contributed by atoms with Crippen LogP contribution in [0.5, 0.6) is 0 Å². The van der Waals surface area contributed by atoms with Crippen molar-refractivity contribution in [2.75, 3.05) is 13.1 Å². The minimum absolute atomic E-state index is 0.138. The van der Waals surface area contributed by atoms with Crippen LogP contribution in [0.1, 0.15) is 51.4 Å². The highest BCUT2D eigenvalue weighted by molar-refractivity contribution is 4.67. The fraction of sp³-hybridized carbons (Fsp3) is 1.00. The van der Waals surface area contributed by atoms with Crippen molar-refractivity contribution >= 4 is 0 Å². The van der Waals surface area contributed by atoms with Crippen LogP contribution in [0.4, 0.5) is 0 Å². The molecule has 3 nitrogen and oxygen atoms in total. The van der Waals surface area contributed by atoms with E-state index in [2.05, 4.69) is 10.6 Å². The van der Waals surface area contributed by atoms with Gasteiger partial charge in [0, 0.05) is 13.1 Å². The van der Waals surface area contributed by atoms with Crippen molar-refractivity contribution in [3.8, 4) is 0 Å². The molecule has 0 aromatic rings. The Balaban J connectivity index is 1.73. The van der Waals surface area contributed by atoms with Gasteiger partial charge in [0.25, 0.3) is 0 Å². The third-order valence-corrected chi connectivity index (χ3v) is 3.20. The van der Waals surface area contributed by atoms with Crippen molar-refractivity contribution in [3.63, 3.8) is 0 Å². The molecule has 0 bridgehead atoms. The van der Waals surface area contributed by atoms with Gasteiger partial charge in [-0.05, 0) is 38.5 Å². The van der Waals surface area contributed by atoms with Gasteiger partial charge in [-0.25, -0.2) is 10.6 Å². The first-order valence-electron chi connectivity index (χ1n) is 6.44. The Kier molecular flexibility index (Phi) is 4.90. The molecule has 0 spiro atoms. The van der Waals surface area contributed by atoms with Crippen LogP contribution in [0.3, 0.4) is 0 Å². The second kappa shape index (κ2) is 6.46. The molecule has 15 heavy (non-hydrogen) atoms. The maximum Gasteiger partial charge on any atom is 0.125 e. The fourth-order valence-electron chi connectivity index (χ4n) is 2.27. The Morgan fingerprint density at radius 3 is 1.73 bits per heavy atom. The van der Waals surface area contributed by atoms with Gasteiger partial charge >= 0.3 is 0 Å². The number of hydrogen-bond donors (Lipinski definition) is 0. The summed E-state index contributed by atoms with van der Waals surface area (Å²) in [5.74, 6) is 0. The zero-order valence-electron chi connectivity index (χ0n) is 9.53. The Labute approximate surface area is 93.0 Å². The monoisotopic (exact) mass is 210 g/mol. The second-order valence-corrected chi connectivity index (χ2v) is 4.56. The normalized spacial score (nSPS) is 34.4. The van der Waals surface area contributed by atoms with Gasteiger partial charge in [-0.15, -0.1) is 0 Å². The van der Waals surface area contributed by atoms with Gasteiger partial charge in [-0.2, -0.15) is 0 Å². The SMILES string of the molecule is C1CC[N]C(OC2CCCCC[N]2)CC1. The molecule has 3 heteroatoms. The Morgan fingerprint density at radius 1 is 0.667 bits per heavy atom. The number of nitrogens with zero attached hydrogens (tertiary/aromatic N) is 2. The predicted molar refractivity (Wildman–Crippen MR) is 59.6 cm³/mol. The molecule has 0 N–H and O–H groups in total. The molecule has 2 atom stereocenters. The summed E-state index contributed by atoms with van der Waals surface area (Å²) in [7, 11) is 0. The minimum Gasteiger partial charge on any atom is -0.342 e. The topological polar surface area (TPSA) is 37.4 Å². The van der Waals surface area contributed by atoms with Crippen LogP contribution in [0.25, 0.3) is 0 Å². The third-order valence-electron chi connectivity index (χ3n) is 3.20. The molecule has 2 saturated heterocycles. The van der Waals surface area contributed by atoms with Crippen molar-refractivity contribution in [2.45, 2.75) is 63.8 Å². The van der Waals surface area contributed by atoms with Gasteiger partial charge < -0.3 is 4.74 Å². The van der Waals surface area contributed by atoms with Gasteiger partial charge in [0.1, 0.15) is 12.5 Å². The van der Waals surface area contributed by atoms with Crippen molar-refractivity contribution in [1.29, 1.82) is 0 Å². The first-order chi connectivity index (χ1) is 7.45. The molecule has 2 aliphatic rings. The van der Waals surface area contributed by atoms with Crippen molar-refractivity contribution in [1.82, 2.24) is 10.6 Å². The number of hydrogen-bond acceptors (Lipinski definition) is 1. The second-order valence-electron chi connectivity index (χ2n) is 4.56. The molecule has 2 rings (SSSR count). The van der Waals surface area contributed by atoms with E-state index >= 15 is 0 Å². The molecule has 2 unspecified atom stereocenters. The molecular formula is C12H22N2O. The summed E-state index contributed by atoms with van der Waals surface area (Å²) in [5, 5.41) is 9.13. The van der Waals surface area contributed by atoms with E-state index in [0.717, 1.165) is 25.9 Å². The smallest absolute Gasteiger partial charge is 0.125 e. The standard InChI is InChI=1S/C12H22N2O/c1-3-7-11(13-9-5-1)15-12-8-4-2-6-10-14-12/h11-12H,1-10H2. The van der Waals surface area contributed by atoms with E-state index in [1.807, 2.05) is 0 Å². The van der Waals surface area contributed by atoms with Crippen LogP contribution < -0.4 is 10.6 Å². The van der Waals surface area contributed by atoms with E-state index in [0.29, 0.717) is 0 Å². The first kappa shape index (κ1) is 11.4. The fourth-order valence-corrected chi connectivity index (χ4v) is 2.27. The van der Waals surface area contributed by atoms with Crippen molar-refractivity contribution in [3.05, 3.63) is 0 Å². The Morgan fingerprint density at radius 2 is 1.20 bits per heavy atom. The van der Waals surface area contributed by atoms with E-state index in [1.54, 1.807) is 0 Å². The molecule has 0 amide bonds. The molecule has 86 valence electrons. The summed E-state index contributed by atoms with van der Waals surface area (Å²) in [6.07, 6.45) is 10.1. The predicted octanol–water partition coefficient (Wildman–Crippen LogP) is 2.01. The summed E-state index contributed by atoms with van der Waals surface area (Å²) < 4.78 is 5.96. The summed E-state index contributed by atoms with van der Waals surface area (Å²) in [6.45, 7) is 1.97. The summed E-state index contributed by atoms with van der Waals surface area (Å²) in [6, 6.07) is 0. The summed E-state index contributed by atoms with van der Waals surface area (Å²) >= 11 is 0. The number of rotatable bonds is 2. The first-order valence-corrected chi connectivity index (χ1v) is 6.44. The summed E-state index contributed by atoms with van der Waals surface area (Å²) in [4.78, 5) is 0. The Bertz CT molecular complexity index is 141. The average molecular weight is 210 g/mol. The van der Waals surface area contributed by atoms with Crippen molar-refractivity contribution in [2.24, 2.45) is 0 Å². The molecule has 2 radical (unpaired) electrons. The highest BCUT2D eigenvalue weighted by Crippen LogP contribution is 2.16. The lowest BCUT2D eigenvalue weighted by molar-refractivity contribution is -0.0532. The highest BCUT2D eigenvalue weighted by atomic mass is 16.5. The van der Waals surface area contributed by atoms with Crippen LogP contribution in [0, 0.1) is 0 Å². The lowest BCUT2D eigenvalue weighted by atomic mass is 10.2.